The summed E-state index contributed by atoms with van der Waals surface area (Å²) in [6.07, 6.45) is 0. The molecule has 1 heteroatoms. The number of rotatable bonds is 2. The standard InChI is InChI=1S/C15H15F/c1-11(2)13-9-6-10-14(15(13)16)12-7-4-3-5-8-12/h3-11H,1-2H3. The van der Waals surface area contributed by atoms with Gasteiger partial charge in [-0.05, 0) is 17.0 Å². The maximum Gasteiger partial charge on any atom is 0.134 e. The van der Waals surface area contributed by atoms with Crippen molar-refractivity contribution in [1.82, 2.24) is 0 Å². The quantitative estimate of drug-likeness (QED) is 0.684. The van der Waals surface area contributed by atoms with Crippen molar-refractivity contribution >= 4 is 0 Å². The molecule has 0 N–H and O–H groups in total. The molecule has 0 heterocycles. The fraction of sp³-hybridized carbons (Fsp3) is 0.200. The van der Waals surface area contributed by atoms with E-state index in [1.54, 1.807) is 0 Å². The van der Waals surface area contributed by atoms with Gasteiger partial charge in [-0.3, -0.25) is 0 Å². The summed E-state index contributed by atoms with van der Waals surface area (Å²) in [5.74, 6) is 0.118. The first-order valence-electron chi connectivity index (χ1n) is 5.54. The third-order valence-corrected chi connectivity index (χ3v) is 2.74. The molecule has 0 unspecified atom stereocenters. The van der Waals surface area contributed by atoms with Crippen LogP contribution in [0.2, 0.25) is 0 Å². The number of hydrogen-bond donors (Lipinski definition) is 0. The van der Waals surface area contributed by atoms with Crippen molar-refractivity contribution in [3.05, 3.63) is 59.9 Å². The molecule has 0 saturated heterocycles. The summed E-state index contributed by atoms with van der Waals surface area (Å²) in [4.78, 5) is 0. The van der Waals surface area contributed by atoms with E-state index in [1.165, 1.54) is 0 Å². The molecule has 2 aromatic rings. The summed E-state index contributed by atoms with van der Waals surface area (Å²) < 4.78 is 14.2. The minimum absolute atomic E-state index is 0.0938. The Bertz CT molecular complexity index is 472. The smallest absolute Gasteiger partial charge is 0.134 e. The van der Waals surface area contributed by atoms with Gasteiger partial charge in [0, 0.05) is 5.56 Å². The van der Waals surface area contributed by atoms with Crippen LogP contribution in [-0.2, 0) is 0 Å². The van der Waals surface area contributed by atoms with Gasteiger partial charge in [0.25, 0.3) is 0 Å². The third kappa shape index (κ3) is 1.99. The monoisotopic (exact) mass is 214 g/mol. The molecule has 0 fully saturated rings. The van der Waals surface area contributed by atoms with Crippen LogP contribution >= 0.6 is 0 Å². The van der Waals surface area contributed by atoms with Gasteiger partial charge in [-0.25, -0.2) is 4.39 Å². The molecule has 0 saturated carbocycles. The topological polar surface area (TPSA) is 0 Å². The highest BCUT2D eigenvalue weighted by molar-refractivity contribution is 5.65. The van der Waals surface area contributed by atoms with Gasteiger partial charge in [0.15, 0.2) is 0 Å². The summed E-state index contributed by atoms with van der Waals surface area (Å²) in [6.45, 7) is 4.01. The van der Waals surface area contributed by atoms with Crippen molar-refractivity contribution < 1.29 is 4.39 Å². The molecule has 0 aliphatic heterocycles. The summed E-state index contributed by atoms with van der Waals surface area (Å²) in [5, 5.41) is 0. The van der Waals surface area contributed by atoms with E-state index in [0.717, 1.165) is 11.1 Å². The summed E-state index contributed by atoms with van der Waals surface area (Å²) in [7, 11) is 0. The summed E-state index contributed by atoms with van der Waals surface area (Å²) >= 11 is 0. The fourth-order valence-corrected chi connectivity index (χ4v) is 1.84. The Morgan fingerprint density at radius 2 is 1.56 bits per heavy atom. The molecule has 82 valence electrons. The van der Waals surface area contributed by atoms with Crippen LogP contribution in [0.5, 0.6) is 0 Å². The lowest BCUT2D eigenvalue weighted by Gasteiger charge is -2.10. The largest absolute Gasteiger partial charge is 0.206 e. The Labute approximate surface area is 95.7 Å². The summed E-state index contributed by atoms with van der Waals surface area (Å²) in [6, 6.07) is 15.3. The molecular formula is C15H15F. The van der Waals surface area contributed by atoms with Crippen LogP contribution in [0.3, 0.4) is 0 Å². The van der Waals surface area contributed by atoms with E-state index < -0.39 is 0 Å². The zero-order chi connectivity index (χ0) is 11.5. The average molecular weight is 214 g/mol. The zero-order valence-corrected chi connectivity index (χ0v) is 9.57. The second kappa shape index (κ2) is 4.48. The van der Waals surface area contributed by atoms with Crippen LogP contribution in [0.15, 0.2) is 48.5 Å². The van der Waals surface area contributed by atoms with Crippen molar-refractivity contribution in [3.63, 3.8) is 0 Å². The molecule has 2 rings (SSSR count). The van der Waals surface area contributed by atoms with Gasteiger partial charge in [-0.1, -0.05) is 62.4 Å². The lowest BCUT2D eigenvalue weighted by atomic mass is 9.96. The zero-order valence-electron chi connectivity index (χ0n) is 9.57. The number of benzene rings is 2. The van der Waals surface area contributed by atoms with Crippen LogP contribution in [0.4, 0.5) is 4.39 Å². The Balaban J connectivity index is 2.55. The SMILES string of the molecule is CC(C)c1cccc(-c2ccccc2)c1F. The van der Waals surface area contributed by atoms with Gasteiger partial charge in [-0.2, -0.15) is 0 Å². The van der Waals surface area contributed by atoms with E-state index in [4.69, 9.17) is 0 Å². The molecular weight excluding hydrogens is 199 g/mol. The van der Waals surface area contributed by atoms with Gasteiger partial charge < -0.3 is 0 Å². The van der Waals surface area contributed by atoms with Crippen molar-refractivity contribution in [2.75, 3.05) is 0 Å². The molecule has 0 amide bonds. The van der Waals surface area contributed by atoms with Gasteiger partial charge in [0.05, 0.1) is 0 Å². The maximum atomic E-state index is 14.2. The van der Waals surface area contributed by atoms with Gasteiger partial charge in [0.1, 0.15) is 5.82 Å². The first kappa shape index (κ1) is 10.9. The molecule has 0 bridgehead atoms. The molecule has 0 aliphatic carbocycles. The van der Waals surface area contributed by atoms with E-state index in [-0.39, 0.29) is 11.7 Å². The Kier molecular flexibility index (Phi) is 3.04. The fourth-order valence-electron chi connectivity index (χ4n) is 1.84. The van der Waals surface area contributed by atoms with E-state index in [2.05, 4.69) is 0 Å². The minimum atomic E-state index is -0.0938. The number of hydrogen-bond acceptors (Lipinski definition) is 0. The third-order valence-electron chi connectivity index (χ3n) is 2.74. The Hall–Kier alpha value is -1.63. The van der Waals surface area contributed by atoms with Gasteiger partial charge in [0.2, 0.25) is 0 Å². The molecule has 2 aromatic carbocycles. The highest BCUT2D eigenvalue weighted by atomic mass is 19.1. The second-order valence-electron chi connectivity index (χ2n) is 4.23. The van der Waals surface area contributed by atoms with Crippen molar-refractivity contribution in [1.29, 1.82) is 0 Å². The van der Waals surface area contributed by atoms with Gasteiger partial charge >= 0.3 is 0 Å². The van der Waals surface area contributed by atoms with Crippen LogP contribution < -0.4 is 0 Å². The molecule has 0 spiro atoms. The van der Waals surface area contributed by atoms with E-state index in [0.29, 0.717) is 5.56 Å². The average Bonchev–Trinajstić information content (AvgIpc) is 2.30. The van der Waals surface area contributed by atoms with Crippen molar-refractivity contribution in [2.45, 2.75) is 19.8 Å². The van der Waals surface area contributed by atoms with E-state index in [1.807, 2.05) is 62.4 Å². The number of halogens is 1. The second-order valence-corrected chi connectivity index (χ2v) is 4.23. The normalized spacial score (nSPS) is 10.8. The van der Waals surface area contributed by atoms with E-state index in [9.17, 15) is 4.39 Å². The lowest BCUT2D eigenvalue weighted by molar-refractivity contribution is 0.602. The first-order chi connectivity index (χ1) is 7.70. The Morgan fingerprint density at radius 1 is 0.875 bits per heavy atom. The predicted octanol–water partition coefficient (Wildman–Crippen LogP) is 4.62. The van der Waals surface area contributed by atoms with Crippen LogP contribution in [0.25, 0.3) is 11.1 Å². The molecule has 0 radical (unpaired) electrons. The van der Waals surface area contributed by atoms with Gasteiger partial charge in [-0.15, -0.1) is 0 Å². The first-order valence-corrected chi connectivity index (χ1v) is 5.54. The molecule has 0 aliphatic rings. The molecule has 16 heavy (non-hydrogen) atoms. The summed E-state index contributed by atoms with van der Waals surface area (Å²) in [5.41, 5.74) is 2.40. The minimum Gasteiger partial charge on any atom is -0.206 e. The van der Waals surface area contributed by atoms with Crippen LogP contribution in [-0.4, -0.2) is 0 Å². The predicted molar refractivity (Wildman–Crippen MR) is 65.9 cm³/mol. The van der Waals surface area contributed by atoms with Crippen molar-refractivity contribution in [3.8, 4) is 11.1 Å². The van der Waals surface area contributed by atoms with Crippen LogP contribution in [0, 0.1) is 5.82 Å². The lowest BCUT2D eigenvalue weighted by Crippen LogP contribution is -1.95. The van der Waals surface area contributed by atoms with Crippen molar-refractivity contribution in [2.24, 2.45) is 0 Å². The highest BCUT2D eigenvalue weighted by Gasteiger charge is 2.11. The molecule has 0 aromatic heterocycles. The van der Waals surface area contributed by atoms with Crippen LogP contribution in [0.1, 0.15) is 25.3 Å². The molecule has 0 atom stereocenters. The highest BCUT2D eigenvalue weighted by Crippen LogP contribution is 2.28. The Morgan fingerprint density at radius 3 is 2.19 bits per heavy atom. The molecule has 0 nitrogen and oxygen atoms in total. The maximum absolute atomic E-state index is 14.2. The van der Waals surface area contributed by atoms with E-state index >= 15 is 0 Å².